The number of rotatable bonds is 12. The van der Waals surface area contributed by atoms with Crippen LogP contribution in [-0.2, 0) is 16.0 Å². The standard InChI is InChI=1S/C30H49N3O5S2.ClH/c1-18(40-22-10-8-19(9-11-22)12-14-32(2)3)24(28-26(35)25(34)27(36)30(38-28)39-5)31-29(37)23-17-21(13-15-33(23)4)16-20-6-7-20;/h8-11,18,20-21,23-28,30,34-36H,6-7,12-17H2,1-5H3,(H,31,37);1H/t18-,21-,23-,24+,25-,26+,27+,28+,30+;/m0./s1. The number of carbonyl (C=O) groups excluding carboxylic acids is 1. The van der Waals surface area contributed by atoms with Gasteiger partial charge in [0.15, 0.2) is 0 Å². The summed E-state index contributed by atoms with van der Waals surface area (Å²) >= 11 is 2.91. The second-order valence-electron chi connectivity index (χ2n) is 12.3. The number of nitrogens with one attached hydrogen (secondary N) is 1. The van der Waals surface area contributed by atoms with Gasteiger partial charge in [-0.3, -0.25) is 9.69 Å². The quantitative estimate of drug-likeness (QED) is 0.259. The molecule has 0 bridgehead atoms. The van der Waals surface area contributed by atoms with Crippen LogP contribution in [0.3, 0.4) is 0 Å². The van der Waals surface area contributed by atoms with Crippen LogP contribution in [0.4, 0.5) is 0 Å². The molecule has 41 heavy (non-hydrogen) atoms. The van der Waals surface area contributed by atoms with E-state index in [2.05, 4.69) is 53.5 Å². The molecule has 1 aromatic carbocycles. The molecule has 1 aliphatic carbocycles. The molecule has 2 aliphatic heterocycles. The molecule has 0 radical (unpaired) electrons. The average molecular weight is 632 g/mol. The summed E-state index contributed by atoms with van der Waals surface area (Å²) in [5.74, 6) is 1.33. The first-order chi connectivity index (χ1) is 19.1. The fourth-order valence-electron chi connectivity index (χ4n) is 5.97. The summed E-state index contributed by atoms with van der Waals surface area (Å²) in [5.41, 5.74) is 0.568. The number of piperidine rings is 1. The maximum absolute atomic E-state index is 13.8. The highest BCUT2D eigenvalue weighted by molar-refractivity contribution is 8.00. The number of likely N-dealkylation sites (tertiary alicyclic amines) is 1. The Morgan fingerprint density at radius 2 is 1.78 bits per heavy atom. The molecule has 1 saturated carbocycles. The van der Waals surface area contributed by atoms with E-state index >= 15 is 0 Å². The summed E-state index contributed by atoms with van der Waals surface area (Å²) in [6.07, 6.45) is 3.83. The molecule has 4 rings (SSSR count). The molecular weight excluding hydrogens is 582 g/mol. The summed E-state index contributed by atoms with van der Waals surface area (Å²) in [4.78, 5) is 19.2. The van der Waals surface area contributed by atoms with E-state index in [0.29, 0.717) is 5.92 Å². The van der Waals surface area contributed by atoms with Crippen LogP contribution in [0, 0.1) is 11.8 Å². The number of hydrogen-bond acceptors (Lipinski definition) is 9. The van der Waals surface area contributed by atoms with Gasteiger partial charge in [-0.15, -0.1) is 35.9 Å². The largest absolute Gasteiger partial charge is 0.388 e. The third-order valence-electron chi connectivity index (χ3n) is 8.75. The van der Waals surface area contributed by atoms with Crippen LogP contribution in [0.15, 0.2) is 29.2 Å². The van der Waals surface area contributed by atoms with Crippen molar-refractivity contribution < 1.29 is 24.9 Å². The number of likely N-dealkylation sites (N-methyl/N-ethyl adjacent to an activating group) is 2. The highest BCUT2D eigenvalue weighted by Gasteiger charge is 2.48. The minimum atomic E-state index is -1.36. The number of thioether (sulfide) groups is 2. The Bertz CT molecular complexity index is 955. The molecule has 8 nitrogen and oxygen atoms in total. The number of aliphatic hydroxyl groups is 3. The topological polar surface area (TPSA) is 106 Å². The Kier molecular flexibility index (Phi) is 13.6. The lowest BCUT2D eigenvalue weighted by molar-refractivity contribution is -0.205. The predicted molar refractivity (Wildman–Crippen MR) is 170 cm³/mol. The first-order valence-corrected chi connectivity index (χ1v) is 16.9. The molecular formula is C30H50ClN3O5S2. The van der Waals surface area contributed by atoms with Crippen molar-refractivity contribution in [3.8, 4) is 0 Å². The van der Waals surface area contributed by atoms with Crippen molar-refractivity contribution in [1.29, 1.82) is 0 Å². The van der Waals surface area contributed by atoms with Crippen molar-refractivity contribution in [2.45, 2.75) is 97.5 Å². The molecule has 234 valence electrons. The number of halogens is 1. The highest BCUT2D eigenvalue weighted by Crippen LogP contribution is 2.39. The first kappa shape index (κ1) is 34.9. The van der Waals surface area contributed by atoms with Crippen LogP contribution < -0.4 is 5.32 Å². The lowest BCUT2D eigenvalue weighted by atomic mass is 9.86. The zero-order chi connectivity index (χ0) is 29.0. The van der Waals surface area contributed by atoms with Crippen molar-refractivity contribution >= 4 is 41.8 Å². The van der Waals surface area contributed by atoms with E-state index in [0.717, 1.165) is 43.2 Å². The maximum atomic E-state index is 13.8. The van der Waals surface area contributed by atoms with E-state index in [-0.39, 0.29) is 29.6 Å². The van der Waals surface area contributed by atoms with Crippen LogP contribution in [0.25, 0.3) is 0 Å². The molecule has 3 aliphatic rings. The number of benzene rings is 1. The molecule has 2 saturated heterocycles. The monoisotopic (exact) mass is 631 g/mol. The maximum Gasteiger partial charge on any atom is 0.237 e. The summed E-state index contributed by atoms with van der Waals surface area (Å²) in [6.45, 7) is 3.90. The van der Waals surface area contributed by atoms with E-state index in [4.69, 9.17) is 4.74 Å². The van der Waals surface area contributed by atoms with Crippen molar-refractivity contribution in [1.82, 2.24) is 15.1 Å². The van der Waals surface area contributed by atoms with E-state index < -0.39 is 35.9 Å². The van der Waals surface area contributed by atoms with Gasteiger partial charge in [0.1, 0.15) is 29.9 Å². The van der Waals surface area contributed by atoms with Gasteiger partial charge in [0, 0.05) is 16.7 Å². The minimum absolute atomic E-state index is 0. The molecule has 4 N–H and O–H groups in total. The number of carbonyl (C=O) groups is 1. The molecule has 0 spiro atoms. The van der Waals surface area contributed by atoms with Gasteiger partial charge in [-0.25, -0.2) is 0 Å². The fraction of sp³-hybridized carbons (Fsp3) is 0.767. The summed E-state index contributed by atoms with van der Waals surface area (Å²) in [5, 5.41) is 35.3. The minimum Gasteiger partial charge on any atom is -0.388 e. The highest BCUT2D eigenvalue weighted by atomic mass is 35.5. The number of amides is 1. The van der Waals surface area contributed by atoms with E-state index in [1.165, 1.54) is 36.6 Å². The van der Waals surface area contributed by atoms with Crippen molar-refractivity contribution in [3.05, 3.63) is 29.8 Å². The van der Waals surface area contributed by atoms with Crippen LogP contribution in [0.1, 0.15) is 44.6 Å². The van der Waals surface area contributed by atoms with Gasteiger partial charge in [-0.2, -0.15) is 0 Å². The normalized spacial score (nSPS) is 32.3. The van der Waals surface area contributed by atoms with Gasteiger partial charge in [0.25, 0.3) is 0 Å². The second-order valence-corrected chi connectivity index (χ2v) is 14.7. The zero-order valence-corrected chi connectivity index (χ0v) is 27.5. The lowest BCUT2D eigenvalue weighted by Gasteiger charge is -2.45. The molecule has 9 atom stereocenters. The summed E-state index contributed by atoms with van der Waals surface area (Å²) in [7, 11) is 6.15. The van der Waals surface area contributed by atoms with Gasteiger partial charge >= 0.3 is 0 Å². The third-order valence-corrected chi connectivity index (χ3v) is 10.8. The average Bonchev–Trinajstić information content (AvgIpc) is 3.75. The van der Waals surface area contributed by atoms with Gasteiger partial charge in [-0.05, 0) is 89.2 Å². The van der Waals surface area contributed by atoms with Crippen LogP contribution in [0.5, 0.6) is 0 Å². The van der Waals surface area contributed by atoms with Gasteiger partial charge in [0.2, 0.25) is 5.91 Å². The Morgan fingerprint density at radius 1 is 1.10 bits per heavy atom. The third kappa shape index (κ3) is 9.46. The van der Waals surface area contributed by atoms with Crippen molar-refractivity contribution in [2.24, 2.45) is 11.8 Å². The number of hydrogen-bond donors (Lipinski definition) is 4. The lowest BCUT2D eigenvalue weighted by Crippen LogP contribution is -2.65. The van der Waals surface area contributed by atoms with Gasteiger partial charge in [0.05, 0.1) is 12.1 Å². The predicted octanol–water partition coefficient (Wildman–Crippen LogP) is 2.86. The zero-order valence-electron chi connectivity index (χ0n) is 25.0. The van der Waals surface area contributed by atoms with Gasteiger partial charge < -0.3 is 30.3 Å². The Hall–Kier alpha value is -0.560. The van der Waals surface area contributed by atoms with Crippen molar-refractivity contribution in [2.75, 3.05) is 40.5 Å². The summed E-state index contributed by atoms with van der Waals surface area (Å²) in [6, 6.07) is 7.67. The molecule has 1 amide bonds. The molecule has 2 heterocycles. The van der Waals surface area contributed by atoms with Crippen molar-refractivity contribution in [3.63, 3.8) is 0 Å². The molecule has 1 aromatic rings. The molecule has 0 unspecified atom stereocenters. The number of ether oxygens (including phenoxy) is 1. The van der Waals surface area contributed by atoms with E-state index in [1.807, 2.05) is 14.0 Å². The van der Waals surface area contributed by atoms with Crippen LogP contribution in [0.2, 0.25) is 0 Å². The fourth-order valence-corrected chi connectivity index (χ4v) is 7.74. The SMILES string of the molecule is CS[C@H]1O[C@H]([C@H](NC(=O)[C@@H]2C[C@H](CC3CC3)CCN2C)[C@H](C)Sc2ccc(CCN(C)C)cc2)[C@H](O)[C@H](O)[C@H]1O.Cl. The smallest absolute Gasteiger partial charge is 0.237 e. The number of aliphatic hydroxyl groups excluding tert-OH is 3. The Morgan fingerprint density at radius 3 is 2.39 bits per heavy atom. The number of nitrogens with zero attached hydrogens (tertiary/aromatic N) is 2. The Labute approximate surface area is 260 Å². The summed E-state index contributed by atoms with van der Waals surface area (Å²) < 4.78 is 6.18. The molecule has 11 heteroatoms. The van der Waals surface area contributed by atoms with Crippen LogP contribution >= 0.6 is 35.9 Å². The Balaban J connectivity index is 0.00000462. The molecule has 3 fully saturated rings. The van der Waals surface area contributed by atoms with Crippen LogP contribution in [-0.4, -0.2) is 119 Å². The van der Waals surface area contributed by atoms with Gasteiger partial charge in [-0.1, -0.05) is 31.9 Å². The first-order valence-electron chi connectivity index (χ1n) is 14.7. The second kappa shape index (κ2) is 16.0. The van der Waals surface area contributed by atoms with E-state index in [9.17, 15) is 20.1 Å². The molecule has 0 aromatic heterocycles. The van der Waals surface area contributed by atoms with E-state index in [1.54, 1.807) is 18.0 Å².